The summed E-state index contributed by atoms with van der Waals surface area (Å²) in [6.45, 7) is 2.21. The Kier molecular flexibility index (Phi) is 37.9. The third-order valence-corrected chi connectivity index (χ3v) is 10.2. The molecule has 0 saturated heterocycles. The first kappa shape index (κ1) is 48.3. The molecular formula is C42H85NO6. The molecule has 3 unspecified atom stereocenters. The van der Waals surface area contributed by atoms with Crippen molar-refractivity contribution in [2.75, 3.05) is 6.61 Å². The molecule has 0 saturated carbocycles. The van der Waals surface area contributed by atoms with Gasteiger partial charge in [-0.05, 0) is 25.7 Å². The van der Waals surface area contributed by atoms with Crippen LogP contribution in [0.15, 0.2) is 0 Å². The summed E-state index contributed by atoms with van der Waals surface area (Å²) >= 11 is 0. The molecule has 7 heteroatoms. The van der Waals surface area contributed by atoms with Crippen LogP contribution in [0.3, 0.4) is 0 Å². The maximum Gasteiger partial charge on any atom is 0.305 e. The van der Waals surface area contributed by atoms with Crippen LogP contribution in [0.5, 0.6) is 0 Å². The molecule has 0 bridgehead atoms. The highest BCUT2D eigenvalue weighted by atomic mass is 16.5. The predicted molar refractivity (Wildman–Crippen MR) is 206 cm³/mol. The van der Waals surface area contributed by atoms with Crippen molar-refractivity contribution < 1.29 is 30.0 Å². The van der Waals surface area contributed by atoms with Gasteiger partial charge in [-0.25, -0.2) is 0 Å². The fourth-order valence-corrected chi connectivity index (χ4v) is 6.79. The van der Waals surface area contributed by atoms with Crippen LogP contribution in [0.4, 0.5) is 0 Å². The lowest BCUT2D eigenvalue weighted by atomic mass is 10.00. The fourth-order valence-electron chi connectivity index (χ4n) is 6.79. The Labute approximate surface area is 303 Å². The summed E-state index contributed by atoms with van der Waals surface area (Å²) in [5, 5.41) is 38.4. The quantitative estimate of drug-likeness (QED) is 0.0244. The molecule has 0 aliphatic rings. The first-order valence-electron chi connectivity index (χ1n) is 21.5. The number of rotatable bonds is 40. The van der Waals surface area contributed by atoms with Gasteiger partial charge in [-0.2, -0.15) is 0 Å². The molecule has 0 aromatic heterocycles. The topological polar surface area (TPSA) is 133 Å². The number of carbonyl (C=O) groups excluding carboxylic acids is 1. The van der Waals surface area contributed by atoms with Crippen LogP contribution < -0.4 is 5.73 Å². The summed E-state index contributed by atoms with van der Waals surface area (Å²) in [6.07, 6.45) is 38.5. The lowest BCUT2D eigenvalue weighted by Gasteiger charge is -2.23. The molecule has 0 spiro atoms. The van der Waals surface area contributed by atoms with E-state index in [2.05, 4.69) is 6.92 Å². The van der Waals surface area contributed by atoms with Crippen LogP contribution in [0.1, 0.15) is 232 Å². The molecule has 3 atom stereocenters. The zero-order valence-electron chi connectivity index (χ0n) is 32.4. The zero-order chi connectivity index (χ0) is 36.0. The minimum atomic E-state index is -1.13. The summed E-state index contributed by atoms with van der Waals surface area (Å²) in [7, 11) is 0. The molecule has 0 fully saturated rings. The third-order valence-electron chi connectivity index (χ3n) is 10.2. The summed E-state index contributed by atoms with van der Waals surface area (Å²) in [4.78, 5) is 12.1. The first-order chi connectivity index (χ1) is 23.9. The molecule has 0 aromatic carbocycles. The first-order valence-corrected chi connectivity index (χ1v) is 21.5. The molecular weight excluding hydrogens is 614 g/mol. The van der Waals surface area contributed by atoms with Crippen molar-refractivity contribution in [3.05, 3.63) is 0 Å². The Morgan fingerprint density at radius 3 is 1.12 bits per heavy atom. The van der Waals surface area contributed by atoms with E-state index in [9.17, 15) is 15.0 Å². The van der Waals surface area contributed by atoms with Crippen molar-refractivity contribution in [1.29, 1.82) is 0 Å². The number of nitrogens with two attached hydrogens (primary N) is 1. The Bertz CT molecular complexity index is 663. The largest absolute Gasteiger partial charge is 0.464 e. The van der Waals surface area contributed by atoms with Crippen LogP contribution >= 0.6 is 0 Å². The summed E-state index contributed by atoms with van der Waals surface area (Å²) in [6, 6.07) is -0.755. The van der Waals surface area contributed by atoms with Crippen molar-refractivity contribution in [3.8, 4) is 0 Å². The average molecular weight is 700 g/mol. The van der Waals surface area contributed by atoms with Crippen LogP contribution in [0.25, 0.3) is 0 Å². The Balaban J connectivity index is 3.43. The molecule has 6 N–H and O–H groups in total. The predicted octanol–water partition coefficient (Wildman–Crippen LogP) is 10.6. The smallest absolute Gasteiger partial charge is 0.305 e. The SMILES string of the molecule is CCCCCCCCCCCCCCC(O)C(O)C(N)COC(=O)CCCCCCCCCCCCCCCCCCCCCCC(O)O. The number of esters is 1. The number of carbonyl (C=O) groups is 1. The van der Waals surface area contributed by atoms with E-state index in [0.29, 0.717) is 19.3 Å². The van der Waals surface area contributed by atoms with E-state index in [4.69, 9.17) is 20.7 Å². The number of hydrogen-bond acceptors (Lipinski definition) is 7. The van der Waals surface area contributed by atoms with Crippen molar-refractivity contribution in [1.82, 2.24) is 0 Å². The second kappa shape index (κ2) is 38.5. The van der Waals surface area contributed by atoms with Crippen molar-refractivity contribution in [3.63, 3.8) is 0 Å². The Morgan fingerprint density at radius 2 is 0.776 bits per heavy atom. The number of aliphatic hydroxyl groups excluding tert-OH is 3. The lowest BCUT2D eigenvalue weighted by molar-refractivity contribution is -0.145. The van der Waals surface area contributed by atoms with Gasteiger partial charge in [0.25, 0.3) is 0 Å². The normalized spacial score (nSPS) is 13.6. The maximum atomic E-state index is 12.1. The highest BCUT2D eigenvalue weighted by molar-refractivity contribution is 5.69. The minimum absolute atomic E-state index is 0.0443. The second-order valence-corrected chi connectivity index (χ2v) is 15.2. The van der Waals surface area contributed by atoms with E-state index in [1.54, 1.807) is 0 Å². The highest BCUT2D eigenvalue weighted by Crippen LogP contribution is 2.17. The van der Waals surface area contributed by atoms with Crippen LogP contribution in [0, 0.1) is 0 Å². The molecule has 0 aliphatic heterocycles. The van der Waals surface area contributed by atoms with Gasteiger partial charge in [0.2, 0.25) is 0 Å². The van der Waals surface area contributed by atoms with Crippen LogP contribution in [-0.2, 0) is 9.53 Å². The van der Waals surface area contributed by atoms with E-state index in [1.165, 1.54) is 161 Å². The van der Waals surface area contributed by atoms with E-state index >= 15 is 0 Å². The summed E-state index contributed by atoms with van der Waals surface area (Å²) in [5.74, 6) is -0.262. The van der Waals surface area contributed by atoms with Gasteiger partial charge in [-0.3, -0.25) is 4.79 Å². The standard InChI is InChI=1S/C42H85NO6/c1-2-3-4-5-6-7-8-19-22-25-28-31-34-39(44)42(48)38(43)37-49-41(47)36-33-30-27-24-21-18-16-14-12-10-9-11-13-15-17-20-23-26-29-32-35-40(45)46/h38-40,42,44-46,48H,2-37,43H2,1H3. The highest BCUT2D eigenvalue weighted by Gasteiger charge is 2.24. The van der Waals surface area contributed by atoms with Crippen molar-refractivity contribution in [2.45, 2.75) is 256 Å². The Hall–Kier alpha value is -0.730. The van der Waals surface area contributed by atoms with E-state index in [-0.39, 0.29) is 12.6 Å². The molecule has 0 aromatic rings. The number of hydrogen-bond donors (Lipinski definition) is 5. The molecule has 49 heavy (non-hydrogen) atoms. The number of ether oxygens (including phenoxy) is 1. The molecule has 294 valence electrons. The van der Waals surface area contributed by atoms with Gasteiger partial charge in [0.15, 0.2) is 6.29 Å². The van der Waals surface area contributed by atoms with E-state index in [0.717, 1.165) is 44.9 Å². The van der Waals surface area contributed by atoms with Crippen LogP contribution in [-0.4, -0.2) is 57.5 Å². The van der Waals surface area contributed by atoms with Gasteiger partial charge in [0.05, 0.1) is 18.2 Å². The molecule has 0 aliphatic carbocycles. The van der Waals surface area contributed by atoms with E-state index < -0.39 is 24.5 Å². The minimum Gasteiger partial charge on any atom is -0.464 e. The number of aliphatic hydroxyl groups is 4. The lowest BCUT2D eigenvalue weighted by Crippen LogP contribution is -2.46. The second-order valence-electron chi connectivity index (χ2n) is 15.2. The van der Waals surface area contributed by atoms with Gasteiger partial charge < -0.3 is 30.9 Å². The monoisotopic (exact) mass is 700 g/mol. The van der Waals surface area contributed by atoms with Gasteiger partial charge in [-0.1, -0.05) is 200 Å². The van der Waals surface area contributed by atoms with Crippen molar-refractivity contribution in [2.24, 2.45) is 5.73 Å². The third kappa shape index (κ3) is 36.9. The fraction of sp³-hybridized carbons (Fsp3) is 0.976. The Morgan fingerprint density at radius 1 is 0.469 bits per heavy atom. The van der Waals surface area contributed by atoms with Crippen molar-refractivity contribution >= 4 is 5.97 Å². The van der Waals surface area contributed by atoms with Gasteiger partial charge >= 0.3 is 5.97 Å². The average Bonchev–Trinajstić information content (AvgIpc) is 3.09. The molecule has 0 amide bonds. The van der Waals surface area contributed by atoms with Crippen LogP contribution in [0.2, 0.25) is 0 Å². The number of unbranched alkanes of at least 4 members (excludes halogenated alkanes) is 30. The maximum absolute atomic E-state index is 12.1. The van der Waals surface area contributed by atoms with Gasteiger partial charge in [-0.15, -0.1) is 0 Å². The molecule has 0 heterocycles. The zero-order valence-corrected chi connectivity index (χ0v) is 32.4. The van der Waals surface area contributed by atoms with Gasteiger partial charge in [0, 0.05) is 6.42 Å². The molecule has 0 radical (unpaired) electrons. The summed E-state index contributed by atoms with van der Waals surface area (Å²) < 4.78 is 5.29. The van der Waals surface area contributed by atoms with E-state index in [1.807, 2.05) is 0 Å². The molecule has 0 rings (SSSR count). The van der Waals surface area contributed by atoms with Gasteiger partial charge in [0.1, 0.15) is 6.61 Å². The molecule has 7 nitrogen and oxygen atoms in total. The summed E-state index contributed by atoms with van der Waals surface area (Å²) in [5.41, 5.74) is 6.02.